The first-order valence-electron chi connectivity index (χ1n) is 5.20. The Bertz CT molecular complexity index is 524. The van der Waals surface area contributed by atoms with E-state index in [2.05, 4.69) is 10.1 Å². The fraction of sp³-hybridized carbons (Fsp3) is 0.364. The second-order valence-corrected chi connectivity index (χ2v) is 3.68. The molecule has 0 N–H and O–H groups in total. The van der Waals surface area contributed by atoms with Crippen LogP contribution < -0.4 is 0 Å². The van der Waals surface area contributed by atoms with Gasteiger partial charge in [-0.25, -0.2) is 4.98 Å². The number of carbonyl (C=O) groups excluding carboxylic acids is 1. The summed E-state index contributed by atoms with van der Waals surface area (Å²) in [5, 5.41) is 4.25. The molecule has 0 aliphatic carbocycles. The van der Waals surface area contributed by atoms with Crippen LogP contribution in [-0.4, -0.2) is 25.1 Å². The number of hydrogen-bond donors (Lipinski definition) is 0. The van der Waals surface area contributed by atoms with Crippen molar-refractivity contribution in [3.8, 4) is 0 Å². The van der Waals surface area contributed by atoms with Gasteiger partial charge in [-0.2, -0.15) is 5.10 Å². The lowest BCUT2D eigenvalue weighted by molar-refractivity contribution is 0.101. The van der Waals surface area contributed by atoms with E-state index in [1.54, 1.807) is 34.8 Å². The number of ketones is 1. The quantitative estimate of drug-likeness (QED) is 0.727. The standard InChI is InChI=1S/C11H14N4O/c1-4-15-9(7-8(2)13-15)10(16)11-12-5-6-14(11)3/h5-7H,4H2,1-3H3. The van der Waals surface area contributed by atoms with Crippen molar-refractivity contribution in [2.45, 2.75) is 20.4 Å². The molecule has 16 heavy (non-hydrogen) atoms. The molecule has 5 nitrogen and oxygen atoms in total. The van der Waals surface area contributed by atoms with Crippen molar-refractivity contribution in [3.63, 3.8) is 0 Å². The van der Waals surface area contributed by atoms with Crippen molar-refractivity contribution in [3.05, 3.63) is 35.7 Å². The molecule has 5 heteroatoms. The molecule has 0 amide bonds. The predicted molar refractivity (Wildman–Crippen MR) is 59.3 cm³/mol. The third-order valence-electron chi connectivity index (χ3n) is 2.46. The third kappa shape index (κ3) is 1.64. The molecule has 0 fully saturated rings. The third-order valence-corrected chi connectivity index (χ3v) is 2.46. The van der Waals surface area contributed by atoms with Crippen molar-refractivity contribution in [1.82, 2.24) is 19.3 Å². The van der Waals surface area contributed by atoms with Gasteiger partial charge in [-0.05, 0) is 19.9 Å². The number of imidazole rings is 1. The SMILES string of the molecule is CCn1nc(C)cc1C(=O)c1nccn1C. The van der Waals surface area contributed by atoms with Crippen molar-refractivity contribution >= 4 is 5.78 Å². The smallest absolute Gasteiger partial charge is 0.246 e. The lowest BCUT2D eigenvalue weighted by Gasteiger charge is -2.03. The summed E-state index contributed by atoms with van der Waals surface area (Å²) >= 11 is 0. The Morgan fingerprint density at radius 3 is 2.81 bits per heavy atom. The van der Waals surface area contributed by atoms with Crippen LogP contribution in [0.2, 0.25) is 0 Å². The molecular weight excluding hydrogens is 204 g/mol. The molecule has 2 aromatic rings. The maximum atomic E-state index is 12.2. The summed E-state index contributed by atoms with van der Waals surface area (Å²) in [6, 6.07) is 1.79. The monoisotopic (exact) mass is 218 g/mol. The van der Waals surface area contributed by atoms with E-state index in [9.17, 15) is 4.79 Å². The molecule has 0 atom stereocenters. The van der Waals surface area contributed by atoms with E-state index in [4.69, 9.17) is 0 Å². The molecule has 84 valence electrons. The summed E-state index contributed by atoms with van der Waals surface area (Å²) < 4.78 is 3.41. The fourth-order valence-electron chi connectivity index (χ4n) is 1.67. The summed E-state index contributed by atoms with van der Waals surface area (Å²) in [7, 11) is 1.81. The van der Waals surface area contributed by atoms with Crippen LogP contribution in [0.15, 0.2) is 18.5 Å². The van der Waals surface area contributed by atoms with Gasteiger partial charge in [0, 0.05) is 26.0 Å². The Hall–Kier alpha value is -1.91. The van der Waals surface area contributed by atoms with E-state index in [0.29, 0.717) is 18.1 Å². The van der Waals surface area contributed by atoms with Crippen LogP contribution in [0.5, 0.6) is 0 Å². The van der Waals surface area contributed by atoms with E-state index in [-0.39, 0.29) is 5.78 Å². The highest BCUT2D eigenvalue weighted by Crippen LogP contribution is 2.09. The van der Waals surface area contributed by atoms with Gasteiger partial charge in [0.05, 0.1) is 5.69 Å². The van der Waals surface area contributed by atoms with Gasteiger partial charge in [-0.3, -0.25) is 9.48 Å². The zero-order chi connectivity index (χ0) is 11.7. The highest BCUT2D eigenvalue weighted by Gasteiger charge is 2.18. The molecule has 0 saturated heterocycles. The molecule has 0 bridgehead atoms. The molecule has 0 saturated carbocycles. The second kappa shape index (κ2) is 3.92. The first kappa shape index (κ1) is 10.6. The molecule has 0 aromatic carbocycles. The average molecular weight is 218 g/mol. The summed E-state index contributed by atoms with van der Waals surface area (Å²) in [6.07, 6.45) is 3.37. The largest absolute Gasteiger partial charge is 0.331 e. The Balaban J connectivity index is 2.45. The maximum Gasteiger partial charge on any atom is 0.246 e. The second-order valence-electron chi connectivity index (χ2n) is 3.68. The number of carbonyl (C=O) groups is 1. The fourth-order valence-corrected chi connectivity index (χ4v) is 1.67. The highest BCUT2D eigenvalue weighted by molar-refractivity contribution is 6.05. The van der Waals surface area contributed by atoms with Crippen LogP contribution in [0.1, 0.15) is 28.9 Å². The lowest BCUT2D eigenvalue weighted by atomic mass is 10.2. The summed E-state index contributed by atoms with van der Waals surface area (Å²) in [5.41, 5.74) is 1.44. The Labute approximate surface area is 93.7 Å². The lowest BCUT2D eigenvalue weighted by Crippen LogP contribution is -2.14. The molecule has 0 radical (unpaired) electrons. The van der Waals surface area contributed by atoms with Gasteiger partial charge < -0.3 is 4.57 Å². The van der Waals surface area contributed by atoms with Crippen LogP contribution in [0.4, 0.5) is 0 Å². The van der Waals surface area contributed by atoms with Gasteiger partial charge in [0.1, 0.15) is 5.69 Å². The summed E-state index contributed by atoms with van der Waals surface area (Å²) in [4.78, 5) is 16.2. The van der Waals surface area contributed by atoms with Gasteiger partial charge in [0.15, 0.2) is 5.82 Å². The van der Waals surface area contributed by atoms with Crippen LogP contribution >= 0.6 is 0 Å². The summed E-state index contributed by atoms with van der Waals surface area (Å²) in [6.45, 7) is 4.52. The van der Waals surface area contributed by atoms with Crippen molar-refractivity contribution in [1.29, 1.82) is 0 Å². The van der Waals surface area contributed by atoms with Crippen LogP contribution in [0, 0.1) is 6.92 Å². The highest BCUT2D eigenvalue weighted by atomic mass is 16.1. The molecule has 2 aromatic heterocycles. The van der Waals surface area contributed by atoms with Gasteiger partial charge in [0.25, 0.3) is 0 Å². The van der Waals surface area contributed by atoms with Crippen LogP contribution in [0.25, 0.3) is 0 Å². The molecule has 0 unspecified atom stereocenters. The Morgan fingerprint density at radius 1 is 1.50 bits per heavy atom. The molecule has 0 aliphatic heterocycles. The van der Waals surface area contributed by atoms with Crippen LogP contribution in [0.3, 0.4) is 0 Å². The van der Waals surface area contributed by atoms with Crippen molar-refractivity contribution in [2.75, 3.05) is 0 Å². The Kier molecular flexibility index (Phi) is 2.60. The number of nitrogens with zero attached hydrogens (tertiary/aromatic N) is 4. The number of rotatable bonds is 3. The maximum absolute atomic E-state index is 12.2. The van der Waals surface area contributed by atoms with Gasteiger partial charge >= 0.3 is 0 Å². The van der Waals surface area contributed by atoms with Gasteiger partial charge in [-0.15, -0.1) is 0 Å². The van der Waals surface area contributed by atoms with E-state index >= 15 is 0 Å². The molecule has 2 heterocycles. The Morgan fingerprint density at radius 2 is 2.25 bits per heavy atom. The topological polar surface area (TPSA) is 52.7 Å². The van der Waals surface area contributed by atoms with E-state index in [0.717, 1.165) is 5.69 Å². The van der Waals surface area contributed by atoms with Crippen LogP contribution in [-0.2, 0) is 13.6 Å². The molecule has 0 spiro atoms. The van der Waals surface area contributed by atoms with E-state index in [1.807, 2.05) is 13.8 Å². The van der Waals surface area contributed by atoms with Crippen molar-refractivity contribution < 1.29 is 4.79 Å². The zero-order valence-corrected chi connectivity index (χ0v) is 9.64. The normalized spacial score (nSPS) is 10.7. The van der Waals surface area contributed by atoms with Crippen molar-refractivity contribution in [2.24, 2.45) is 7.05 Å². The minimum atomic E-state index is -0.0880. The van der Waals surface area contributed by atoms with E-state index < -0.39 is 0 Å². The van der Waals surface area contributed by atoms with E-state index in [1.165, 1.54) is 0 Å². The molecule has 2 rings (SSSR count). The summed E-state index contributed by atoms with van der Waals surface area (Å²) in [5.74, 6) is 0.351. The minimum absolute atomic E-state index is 0.0880. The first-order valence-corrected chi connectivity index (χ1v) is 5.20. The molecular formula is C11H14N4O. The number of aryl methyl sites for hydroxylation is 3. The zero-order valence-electron chi connectivity index (χ0n) is 9.64. The van der Waals surface area contributed by atoms with Gasteiger partial charge in [0.2, 0.25) is 5.78 Å². The number of hydrogen-bond acceptors (Lipinski definition) is 3. The first-order chi connectivity index (χ1) is 7.63. The number of aromatic nitrogens is 4. The average Bonchev–Trinajstić information content (AvgIpc) is 2.83. The van der Waals surface area contributed by atoms with Gasteiger partial charge in [-0.1, -0.05) is 0 Å². The molecule has 0 aliphatic rings. The predicted octanol–water partition coefficient (Wildman–Crippen LogP) is 1.18. The minimum Gasteiger partial charge on any atom is -0.331 e.